The minimum absolute atomic E-state index is 0.0228. The first kappa shape index (κ1) is 18.5. The minimum Gasteiger partial charge on any atom is -0.348 e. The molecule has 1 aliphatic heterocycles. The molecular weight excluding hydrogens is 325 g/mol. The zero-order valence-electron chi connectivity index (χ0n) is 13.6. The van der Waals surface area contributed by atoms with Crippen molar-refractivity contribution in [1.82, 2.24) is 10.6 Å². The summed E-state index contributed by atoms with van der Waals surface area (Å²) in [4.78, 5) is 11.9. The van der Waals surface area contributed by atoms with Crippen molar-refractivity contribution in [3.8, 4) is 0 Å². The molecule has 0 bridgehead atoms. The van der Waals surface area contributed by atoms with Gasteiger partial charge in [0.1, 0.15) is 0 Å². The zero-order chi connectivity index (χ0) is 17.8. The van der Waals surface area contributed by atoms with Gasteiger partial charge in [0.05, 0.1) is 24.8 Å². The van der Waals surface area contributed by atoms with Crippen LogP contribution < -0.4 is 10.6 Å². The first-order valence-electron chi connectivity index (χ1n) is 7.70. The molecular formula is C16H21F3N2O3. The van der Waals surface area contributed by atoms with Crippen molar-refractivity contribution < 1.29 is 27.4 Å². The molecule has 0 spiro atoms. The molecule has 2 N–H and O–H groups in total. The van der Waals surface area contributed by atoms with Crippen LogP contribution in [0.3, 0.4) is 0 Å². The van der Waals surface area contributed by atoms with Crippen LogP contribution >= 0.6 is 0 Å². The van der Waals surface area contributed by atoms with E-state index in [1.54, 1.807) is 6.92 Å². The number of rotatable bonds is 5. The summed E-state index contributed by atoms with van der Waals surface area (Å²) in [6, 6.07) is 3.87. The lowest BCUT2D eigenvalue weighted by atomic mass is 10.0. The summed E-state index contributed by atoms with van der Waals surface area (Å²) in [5, 5.41) is 5.12. The van der Waals surface area contributed by atoms with Crippen LogP contribution in [0.15, 0.2) is 24.3 Å². The van der Waals surface area contributed by atoms with E-state index in [4.69, 9.17) is 9.47 Å². The second-order valence-electron chi connectivity index (χ2n) is 5.79. The number of amides is 2. The van der Waals surface area contributed by atoms with Crippen molar-refractivity contribution >= 4 is 6.03 Å². The Morgan fingerprint density at radius 3 is 2.54 bits per heavy atom. The third-order valence-electron chi connectivity index (χ3n) is 3.84. The van der Waals surface area contributed by atoms with Gasteiger partial charge in [0.15, 0.2) is 5.79 Å². The lowest BCUT2D eigenvalue weighted by molar-refractivity contribution is -0.145. The molecule has 2 amide bonds. The van der Waals surface area contributed by atoms with Crippen molar-refractivity contribution in [2.45, 2.75) is 38.3 Å². The number of carbonyl (C=O) groups excluding carboxylic acids is 1. The Labute approximate surface area is 138 Å². The van der Waals surface area contributed by atoms with Gasteiger partial charge in [-0.1, -0.05) is 18.2 Å². The number of urea groups is 1. The van der Waals surface area contributed by atoms with Crippen LogP contribution in [0.25, 0.3) is 0 Å². The molecule has 1 aliphatic rings. The van der Waals surface area contributed by atoms with Crippen molar-refractivity contribution in [3.05, 3.63) is 35.4 Å². The third-order valence-corrected chi connectivity index (χ3v) is 3.84. The summed E-state index contributed by atoms with van der Waals surface area (Å²) in [5.74, 6) is -0.720. The topological polar surface area (TPSA) is 59.6 Å². The van der Waals surface area contributed by atoms with E-state index in [0.29, 0.717) is 19.6 Å². The van der Waals surface area contributed by atoms with Gasteiger partial charge in [-0.3, -0.25) is 0 Å². The van der Waals surface area contributed by atoms with Crippen LogP contribution in [0.1, 0.15) is 37.4 Å². The summed E-state index contributed by atoms with van der Waals surface area (Å²) in [6.45, 7) is 4.59. The Morgan fingerprint density at radius 2 is 1.92 bits per heavy atom. The Hall–Kier alpha value is -1.80. The molecule has 134 valence electrons. The average Bonchev–Trinajstić information content (AvgIpc) is 2.93. The van der Waals surface area contributed by atoms with Gasteiger partial charge in [0.2, 0.25) is 0 Å². The molecule has 0 radical (unpaired) electrons. The van der Waals surface area contributed by atoms with Gasteiger partial charge >= 0.3 is 12.2 Å². The van der Waals surface area contributed by atoms with E-state index < -0.39 is 29.6 Å². The molecule has 1 saturated heterocycles. The molecule has 1 fully saturated rings. The number of benzene rings is 1. The maximum absolute atomic E-state index is 13.0. The van der Waals surface area contributed by atoms with E-state index >= 15 is 0 Å². The van der Waals surface area contributed by atoms with E-state index in [0.717, 1.165) is 6.07 Å². The van der Waals surface area contributed by atoms with Gasteiger partial charge in [-0.25, -0.2) is 4.79 Å². The molecule has 8 heteroatoms. The minimum atomic E-state index is -4.46. The number of alkyl halides is 3. The number of hydrogen-bond donors (Lipinski definition) is 2. The number of nitrogens with one attached hydrogen (secondary N) is 2. The van der Waals surface area contributed by atoms with Crippen LogP contribution in [0.5, 0.6) is 0 Å². The first-order valence-corrected chi connectivity index (χ1v) is 7.70. The molecule has 1 aromatic rings. The summed E-state index contributed by atoms with van der Waals surface area (Å²) in [6.07, 6.45) is -4.01. The van der Waals surface area contributed by atoms with Crippen LogP contribution in [-0.2, 0) is 15.7 Å². The summed E-state index contributed by atoms with van der Waals surface area (Å²) in [5.41, 5.74) is -0.729. The highest BCUT2D eigenvalue weighted by molar-refractivity contribution is 5.74. The number of hydrogen-bond acceptors (Lipinski definition) is 3. The standard InChI is InChI=1S/C16H21F3N2O3/c1-11(12-5-3-4-6-13(12)16(17,18)19)21-14(22)20-8-7-15(2)23-9-10-24-15/h3-6,11H,7-10H2,1-2H3,(H2,20,21,22). The lowest BCUT2D eigenvalue weighted by Gasteiger charge is -2.23. The maximum Gasteiger partial charge on any atom is 0.416 e. The number of carbonyl (C=O) groups is 1. The average molecular weight is 346 g/mol. The van der Waals surface area contributed by atoms with E-state index in [-0.39, 0.29) is 12.1 Å². The molecule has 2 rings (SSSR count). The van der Waals surface area contributed by atoms with Gasteiger partial charge in [-0.15, -0.1) is 0 Å². The fourth-order valence-corrected chi connectivity index (χ4v) is 2.56. The van der Waals surface area contributed by atoms with Crippen LogP contribution in [0.2, 0.25) is 0 Å². The molecule has 5 nitrogen and oxygen atoms in total. The van der Waals surface area contributed by atoms with E-state index in [1.807, 2.05) is 0 Å². The highest BCUT2D eigenvalue weighted by atomic mass is 19.4. The summed E-state index contributed by atoms with van der Waals surface area (Å²) >= 11 is 0. The second kappa shape index (κ2) is 7.40. The van der Waals surface area contributed by atoms with Gasteiger partial charge in [0, 0.05) is 13.0 Å². The molecule has 0 saturated carbocycles. The zero-order valence-corrected chi connectivity index (χ0v) is 13.6. The third kappa shape index (κ3) is 4.85. The normalized spacial score (nSPS) is 18.2. The summed E-state index contributed by atoms with van der Waals surface area (Å²) < 4.78 is 49.8. The maximum atomic E-state index is 13.0. The molecule has 0 aliphatic carbocycles. The fraction of sp³-hybridized carbons (Fsp3) is 0.562. The van der Waals surface area contributed by atoms with Crippen molar-refractivity contribution in [1.29, 1.82) is 0 Å². The van der Waals surface area contributed by atoms with E-state index in [1.165, 1.54) is 25.1 Å². The predicted octanol–water partition coefficient (Wildman–Crippen LogP) is 3.22. The largest absolute Gasteiger partial charge is 0.416 e. The van der Waals surface area contributed by atoms with Crippen molar-refractivity contribution in [2.75, 3.05) is 19.8 Å². The predicted molar refractivity (Wildman–Crippen MR) is 81.3 cm³/mol. The Bertz CT molecular complexity index is 572. The quantitative estimate of drug-likeness (QED) is 0.861. The van der Waals surface area contributed by atoms with Gasteiger partial charge in [-0.05, 0) is 25.5 Å². The van der Waals surface area contributed by atoms with Crippen LogP contribution in [0, 0.1) is 0 Å². The molecule has 1 atom stereocenters. The molecule has 1 aromatic carbocycles. The van der Waals surface area contributed by atoms with Gasteiger partial charge in [0.25, 0.3) is 0 Å². The van der Waals surface area contributed by atoms with Crippen LogP contribution in [-0.4, -0.2) is 31.6 Å². The fourth-order valence-electron chi connectivity index (χ4n) is 2.56. The highest BCUT2D eigenvalue weighted by Crippen LogP contribution is 2.34. The van der Waals surface area contributed by atoms with Gasteiger partial charge in [-0.2, -0.15) is 13.2 Å². The van der Waals surface area contributed by atoms with Crippen molar-refractivity contribution in [2.24, 2.45) is 0 Å². The molecule has 24 heavy (non-hydrogen) atoms. The van der Waals surface area contributed by atoms with Gasteiger partial charge < -0.3 is 20.1 Å². The van der Waals surface area contributed by atoms with E-state index in [2.05, 4.69) is 10.6 Å². The smallest absolute Gasteiger partial charge is 0.348 e. The first-order chi connectivity index (χ1) is 11.2. The summed E-state index contributed by atoms with van der Waals surface area (Å²) in [7, 11) is 0. The molecule has 1 heterocycles. The Morgan fingerprint density at radius 1 is 1.29 bits per heavy atom. The van der Waals surface area contributed by atoms with Crippen LogP contribution in [0.4, 0.5) is 18.0 Å². The lowest BCUT2D eigenvalue weighted by Crippen LogP contribution is -2.40. The van der Waals surface area contributed by atoms with E-state index in [9.17, 15) is 18.0 Å². The number of ether oxygens (including phenoxy) is 2. The Kier molecular flexibility index (Phi) is 5.71. The Balaban J connectivity index is 1.88. The monoisotopic (exact) mass is 346 g/mol. The molecule has 1 unspecified atom stereocenters. The number of halogens is 3. The second-order valence-corrected chi connectivity index (χ2v) is 5.79. The molecule has 0 aromatic heterocycles. The SMILES string of the molecule is CC(NC(=O)NCCC1(C)OCCO1)c1ccccc1C(F)(F)F. The highest BCUT2D eigenvalue weighted by Gasteiger charge is 2.34. The van der Waals surface area contributed by atoms with Crippen molar-refractivity contribution in [3.63, 3.8) is 0 Å².